The minimum atomic E-state index is -0.551. The van der Waals surface area contributed by atoms with Crippen LogP contribution in [0, 0.1) is 28.6 Å². The molecular formula is C12H10N2. The molecule has 0 aliphatic carbocycles. The predicted molar refractivity (Wildman–Crippen MR) is 55.0 cm³/mol. The number of benzene rings is 1. The van der Waals surface area contributed by atoms with Crippen molar-refractivity contribution in [2.75, 3.05) is 0 Å². The van der Waals surface area contributed by atoms with Gasteiger partial charge in [-0.3, -0.25) is 0 Å². The molecule has 14 heavy (non-hydrogen) atoms. The Kier molecular flexibility index (Phi) is 3.47. The highest BCUT2D eigenvalue weighted by atomic mass is 14.3. The van der Waals surface area contributed by atoms with Crippen molar-refractivity contribution in [3.8, 4) is 12.1 Å². The molecule has 0 aromatic heterocycles. The molecule has 68 valence electrons. The maximum absolute atomic E-state index is 8.60. The van der Waals surface area contributed by atoms with E-state index in [9.17, 15) is 0 Å². The first-order valence-electron chi connectivity index (χ1n) is 4.30. The molecule has 1 aromatic carbocycles. The number of rotatable bonds is 3. The van der Waals surface area contributed by atoms with Crippen molar-refractivity contribution in [3.05, 3.63) is 42.0 Å². The smallest absolute Gasteiger partial charge is 0.137 e. The first-order chi connectivity index (χ1) is 6.80. The van der Waals surface area contributed by atoms with E-state index < -0.39 is 5.92 Å². The summed E-state index contributed by atoms with van der Waals surface area (Å²) in [5.41, 5.74) is 2.04. The van der Waals surface area contributed by atoms with Crippen LogP contribution in [0.5, 0.6) is 0 Å². The van der Waals surface area contributed by atoms with E-state index in [1.165, 1.54) is 0 Å². The lowest BCUT2D eigenvalue weighted by Gasteiger charge is -2.01. The standard InChI is InChI=1S/C12H10N2/c1-2-10-3-5-11(6-4-10)7-12(8-13)9-14/h2-6,12H,1,7H2. The van der Waals surface area contributed by atoms with Crippen molar-refractivity contribution >= 4 is 6.08 Å². The molecule has 0 saturated carbocycles. The fraction of sp³-hybridized carbons (Fsp3) is 0.167. The van der Waals surface area contributed by atoms with Gasteiger partial charge in [0.25, 0.3) is 0 Å². The summed E-state index contributed by atoms with van der Waals surface area (Å²) < 4.78 is 0. The zero-order valence-corrected chi connectivity index (χ0v) is 7.77. The van der Waals surface area contributed by atoms with Gasteiger partial charge in [0, 0.05) is 6.42 Å². The van der Waals surface area contributed by atoms with Crippen LogP contribution in [0.3, 0.4) is 0 Å². The van der Waals surface area contributed by atoms with Gasteiger partial charge in [0.1, 0.15) is 5.92 Å². The molecule has 2 heteroatoms. The summed E-state index contributed by atoms with van der Waals surface area (Å²) in [5, 5.41) is 17.2. The van der Waals surface area contributed by atoms with Crippen molar-refractivity contribution < 1.29 is 0 Å². The molecule has 1 aromatic rings. The lowest BCUT2D eigenvalue weighted by molar-refractivity contribution is 0.834. The van der Waals surface area contributed by atoms with Crippen molar-refractivity contribution in [1.29, 1.82) is 10.5 Å². The monoisotopic (exact) mass is 182 g/mol. The maximum Gasteiger partial charge on any atom is 0.137 e. The lowest BCUT2D eigenvalue weighted by Crippen LogP contribution is -1.97. The highest BCUT2D eigenvalue weighted by Crippen LogP contribution is 2.10. The van der Waals surface area contributed by atoms with E-state index in [1.807, 2.05) is 36.4 Å². The van der Waals surface area contributed by atoms with Gasteiger partial charge in [-0.15, -0.1) is 0 Å². The first-order valence-corrected chi connectivity index (χ1v) is 4.30. The average molecular weight is 182 g/mol. The second-order valence-electron chi connectivity index (χ2n) is 2.96. The number of nitriles is 2. The molecule has 0 heterocycles. The van der Waals surface area contributed by atoms with Gasteiger partial charge in [0.15, 0.2) is 0 Å². The predicted octanol–water partition coefficient (Wildman–Crippen LogP) is 2.54. The summed E-state index contributed by atoms with van der Waals surface area (Å²) in [6, 6.07) is 11.6. The molecule has 0 saturated heterocycles. The van der Waals surface area contributed by atoms with Crippen LogP contribution in [0.25, 0.3) is 6.08 Å². The number of hydrogen-bond acceptors (Lipinski definition) is 2. The van der Waals surface area contributed by atoms with Gasteiger partial charge in [-0.25, -0.2) is 0 Å². The summed E-state index contributed by atoms with van der Waals surface area (Å²) in [6.07, 6.45) is 2.25. The fourth-order valence-electron chi connectivity index (χ4n) is 1.15. The van der Waals surface area contributed by atoms with E-state index in [1.54, 1.807) is 6.08 Å². The average Bonchev–Trinajstić information content (AvgIpc) is 2.26. The lowest BCUT2D eigenvalue weighted by atomic mass is 10.0. The van der Waals surface area contributed by atoms with Crippen molar-refractivity contribution in [2.24, 2.45) is 5.92 Å². The van der Waals surface area contributed by atoms with Gasteiger partial charge < -0.3 is 0 Å². The molecule has 0 fully saturated rings. The normalized spacial score (nSPS) is 9.07. The quantitative estimate of drug-likeness (QED) is 0.721. The van der Waals surface area contributed by atoms with Crippen LogP contribution in [0.2, 0.25) is 0 Å². The molecule has 2 nitrogen and oxygen atoms in total. The van der Waals surface area contributed by atoms with E-state index in [0.717, 1.165) is 11.1 Å². The Morgan fingerprint density at radius 1 is 1.21 bits per heavy atom. The highest BCUT2D eigenvalue weighted by Gasteiger charge is 2.05. The molecule has 0 radical (unpaired) electrons. The highest BCUT2D eigenvalue weighted by molar-refractivity contribution is 5.47. The Hall–Kier alpha value is -2.06. The van der Waals surface area contributed by atoms with Crippen LogP contribution in [0.1, 0.15) is 11.1 Å². The SMILES string of the molecule is C=Cc1ccc(CC(C#N)C#N)cc1. The summed E-state index contributed by atoms with van der Waals surface area (Å²) in [6.45, 7) is 3.65. The summed E-state index contributed by atoms with van der Waals surface area (Å²) in [7, 11) is 0. The van der Waals surface area contributed by atoms with Crippen LogP contribution >= 0.6 is 0 Å². The van der Waals surface area contributed by atoms with Crippen LogP contribution in [0.15, 0.2) is 30.8 Å². The van der Waals surface area contributed by atoms with E-state index in [0.29, 0.717) is 6.42 Å². The second-order valence-corrected chi connectivity index (χ2v) is 2.96. The molecule has 0 bridgehead atoms. The molecule has 0 N–H and O–H groups in total. The second kappa shape index (κ2) is 4.84. The van der Waals surface area contributed by atoms with Gasteiger partial charge >= 0.3 is 0 Å². The largest absolute Gasteiger partial charge is 0.197 e. The Labute approximate surface area is 83.7 Å². The Bertz CT molecular complexity index is 376. The molecule has 0 atom stereocenters. The molecule has 0 unspecified atom stereocenters. The number of hydrogen-bond donors (Lipinski definition) is 0. The zero-order valence-electron chi connectivity index (χ0n) is 7.77. The molecule has 0 aliphatic rings. The molecule has 0 spiro atoms. The Balaban J connectivity index is 2.75. The van der Waals surface area contributed by atoms with Gasteiger partial charge in [0.2, 0.25) is 0 Å². The van der Waals surface area contributed by atoms with Crippen molar-refractivity contribution in [1.82, 2.24) is 0 Å². The van der Waals surface area contributed by atoms with E-state index in [2.05, 4.69) is 6.58 Å². The van der Waals surface area contributed by atoms with Crippen LogP contribution in [-0.4, -0.2) is 0 Å². The third-order valence-electron chi connectivity index (χ3n) is 1.97. The fourth-order valence-corrected chi connectivity index (χ4v) is 1.15. The van der Waals surface area contributed by atoms with Crippen molar-refractivity contribution in [2.45, 2.75) is 6.42 Å². The Morgan fingerprint density at radius 3 is 2.21 bits per heavy atom. The van der Waals surface area contributed by atoms with E-state index in [4.69, 9.17) is 10.5 Å². The first kappa shape index (κ1) is 10.0. The third-order valence-corrected chi connectivity index (χ3v) is 1.97. The van der Waals surface area contributed by atoms with Gasteiger partial charge in [-0.2, -0.15) is 10.5 Å². The molecule has 0 aliphatic heterocycles. The molecule has 1 rings (SSSR count). The topological polar surface area (TPSA) is 47.6 Å². The van der Waals surface area contributed by atoms with Crippen LogP contribution < -0.4 is 0 Å². The third kappa shape index (κ3) is 2.47. The summed E-state index contributed by atoms with van der Waals surface area (Å²) in [5.74, 6) is -0.551. The van der Waals surface area contributed by atoms with E-state index in [-0.39, 0.29) is 0 Å². The Morgan fingerprint density at radius 2 is 1.79 bits per heavy atom. The molecular weight excluding hydrogens is 172 g/mol. The van der Waals surface area contributed by atoms with Gasteiger partial charge in [-0.05, 0) is 11.1 Å². The van der Waals surface area contributed by atoms with E-state index >= 15 is 0 Å². The van der Waals surface area contributed by atoms with Crippen LogP contribution in [-0.2, 0) is 6.42 Å². The summed E-state index contributed by atoms with van der Waals surface area (Å²) in [4.78, 5) is 0. The number of nitrogens with zero attached hydrogens (tertiary/aromatic N) is 2. The maximum atomic E-state index is 8.60. The minimum Gasteiger partial charge on any atom is -0.197 e. The molecule has 0 amide bonds. The van der Waals surface area contributed by atoms with Gasteiger partial charge in [0.05, 0.1) is 12.1 Å². The minimum absolute atomic E-state index is 0.490. The summed E-state index contributed by atoms with van der Waals surface area (Å²) >= 11 is 0. The van der Waals surface area contributed by atoms with Crippen molar-refractivity contribution in [3.63, 3.8) is 0 Å². The van der Waals surface area contributed by atoms with Gasteiger partial charge in [-0.1, -0.05) is 36.9 Å². The zero-order chi connectivity index (χ0) is 10.4. The van der Waals surface area contributed by atoms with Crippen LogP contribution in [0.4, 0.5) is 0 Å².